The molecule has 2 rings (SSSR count). The van der Waals surface area contributed by atoms with Gasteiger partial charge in [0.15, 0.2) is 0 Å². The summed E-state index contributed by atoms with van der Waals surface area (Å²) in [5.41, 5.74) is 0.279. The minimum absolute atomic E-state index is 0.0601. The molecule has 0 aromatic heterocycles. The van der Waals surface area contributed by atoms with Gasteiger partial charge in [-0.15, -0.1) is 0 Å². The van der Waals surface area contributed by atoms with E-state index in [-0.39, 0.29) is 12.5 Å². The molecule has 2 aromatic carbocycles. The lowest BCUT2D eigenvalue weighted by molar-refractivity contribution is -0.130. The summed E-state index contributed by atoms with van der Waals surface area (Å²) >= 11 is 0. The first-order valence-corrected chi connectivity index (χ1v) is 10.1. The number of fused-ring (bicyclic) bond motifs is 1. The number of alkyl carbamates (subject to hydrolysis) is 1. The van der Waals surface area contributed by atoms with Gasteiger partial charge < -0.3 is 25.4 Å². The largest absolute Gasteiger partial charge is 0.444 e. The number of ether oxygens (including phenoxy) is 2. The molecule has 2 aromatic rings. The van der Waals surface area contributed by atoms with E-state index in [0.717, 1.165) is 16.3 Å². The van der Waals surface area contributed by atoms with Crippen molar-refractivity contribution in [2.75, 3.05) is 13.7 Å². The van der Waals surface area contributed by atoms with Gasteiger partial charge in [0, 0.05) is 13.7 Å². The molecule has 0 bridgehead atoms. The van der Waals surface area contributed by atoms with Gasteiger partial charge in [-0.1, -0.05) is 42.5 Å². The van der Waals surface area contributed by atoms with E-state index in [0.29, 0.717) is 6.54 Å². The molecule has 0 spiro atoms. The zero-order valence-electron chi connectivity index (χ0n) is 18.7. The van der Waals surface area contributed by atoms with Crippen molar-refractivity contribution in [3.05, 3.63) is 48.0 Å². The summed E-state index contributed by atoms with van der Waals surface area (Å²) in [6.07, 6.45) is -0.738. The summed E-state index contributed by atoms with van der Waals surface area (Å²) in [5.74, 6) is -0.879. The van der Waals surface area contributed by atoms with E-state index in [9.17, 15) is 14.4 Å². The Labute approximate surface area is 182 Å². The highest BCUT2D eigenvalue weighted by atomic mass is 16.6. The van der Waals surface area contributed by atoms with E-state index in [1.165, 1.54) is 7.11 Å². The van der Waals surface area contributed by atoms with Gasteiger partial charge in [-0.05, 0) is 44.0 Å². The topological polar surface area (TPSA) is 106 Å². The second kappa shape index (κ2) is 10.8. The van der Waals surface area contributed by atoms with Gasteiger partial charge in [0.25, 0.3) is 0 Å². The van der Waals surface area contributed by atoms with Crippen LogP contribution in [0.2, 0.25) is 0 Å². The third-order valence-corrected chi connectivity index (χ3v) is 4.43. The van der Waals surface area contributed by atoms with E-state index >= 15 is 0 Å². The molecule has 31 heavy (non-hydrogen) atoms. The molecule has 2 unspecified atom stereocenters. The first kappa shape index (κ1) is 24.1. The number of rotatable bonds is 8. The number of hydrogen-bond donors (Lipinski definition) is 3. The number of methoxy groups -OCH3 is 1. The predicted octanol–water partition coefficient (Wildman–Crippen LogP) is 2.50. The zero-order chi connectivity index (χ0) is 23.0. The average Bonchev–Trinajstić information content (AvgIpc) is 2.70. The highest BCUT2D eigenvalue weighted by molar-refractivity contribution is 5.91. The quantitative estimate of drug-likeness (QED) is 0.598. The van der Waals surface area contributed by atoms with Crippen LogP contribution in [0.3, 0.4) is 0 Å². The van der Waals surface area contributed by atoms with Crippen molar-refractivity contribution in [1.29, 1.82) is 0 Å². The molecule has 3 amide bonds. The highest BCUT2D eigenvalue weighted by Crippen LogP contribution is 2.18. The molecule has 0 saturated carbocycles. The smallest absolute Gasteiger partial charge is 0.408 e. The molecule has 0 heterocycles. The van der Waals surface area contributed by atoms with Crippen LogP contribution in [0.15, 0.2) is 42.5 Å². The van der Waals surface area contributed by atoms with Crippen molar-refractivity contribution in [2.24, 2.45) is 0 Å². The zero-order valence-corrected chi connectivity index (χ0v) is 18.7. The lowest BCUT2D eigenvalue weighted by Crippen LogP contribution is -2.54. The first-order valence-electron chi connectivity index (χ1n) is 10.1. The summed E-state index contributed by atoms with van der Waals surface area (Å²) in [6, 6.07) is 12.0. The van der Waals surface area contributed by atoms with E-state index in [2.05, 4.69) is 16.0 Å². The number of hydrogen-bond acceptors (Lipinski definition) is 5. The van der Waals surface area contributed by atoms with Crippen LogP contribution >= 0.6 is 0 Å². The molecular formula is C23H31N3O5. The molecule has 0 fully saturated rings. The molecular weight excluding hydrogens is 398 g/mol. The van der Waals surface area contributed by atoms with E-state index in [1.807, 2.05) is 42.5 Å². The van der Waals surface area contributed by atoms with Crippen LogP contribution in [-0.4, -0.2) is 49.3 Å². The van der Waals surface area contributed by atoms with Crippen LogP contribution in [0.5, 0.6) is 0 Å². The van der Waals surface area contributed by atoms with Crippen molar-refractivity contribution in [3.8, 4) is 0 Å². The molecule has 0 aliphatic heterocycles. The number of carbonyl (C=O) groups is 3. The molecule has 3 N–H and O–H groups in total. The second-order valence-electron chi connectivity index (χ2n) is 8.24. The Bertz CT molecular complexity index is 918. The summed E-state index contributed by atoms with van der Waals surface area (Å²) in [6.45, 7) is 7.02. The van der Waals surface area contributed by atoms with Crippen LogP contribution in [0.4, 0.5) is 4.79 Å². The number of nitrogens with one attached hydrogen (secondary N) is 3. The monoisotopic (exact) mass is 429 g/mol. The van der Waals surface area contributed by atoms with Crippen molar-refractivity contribution in [3.63, 3.8) is 0 Å². The highest BCUT2D eigenvalue weighted by Gasteiger charge is 2.26. The molecule has 168 valence electrons. The summed E-state index contributed by atoms with van der Waals surface area (Å²) in [5, 5.41) is 10.1. The van der Waals surface area contributed by atoms with Gasteiger partial charge in [-0.2, -0.15) is 0 Å². The molecule has 0 radical (unpaired) electrons. The third-order valence-electron chi connectivity index (χ3n) is 4.43. The van der Waals surface area contributed by atoms with Gasteiger partial charge >= 0.3 is 6.09 Å². The van der Waals surface area contributed by atoms with Crippen LogP contribution in [0.25, 0.3) is 10.8 Å². The van der Waals surface area contributed by atoms with Gasteiger partial charge in [-0.25, -0.2) is 4.79 Å². The fourth-order valence-corrected chi connectivity index (χ4v) is 2.96. The molecule has 0 aliphatic carbocycles. The Hall–Kier alpha value is -3.13. The molecule has 0 saturated heterocycles. The van der Waals surface area contributed by atoms with Gasteiger partial charge in [0.1, 0.15) is 17.7 Å². The van der Waals surface area contributed by atoms with Crippen LogP contribution in [-0.2, 0) is 25.6 Å². The lowest BCUT2D eigenvalue weighted by Gasteiger charge is -2.24. The maximum absolute atomic E-state index is 12.6. The van der Waals surface area contributed by atoms with E-state index in [1.54, 1.807) is 27.7 Å². The normalized spacial score (nSPS) is 13.2. The Balaban J connectivity index is 1.93. The van der Waals surface area contributed by atoms with Crippen molar-refractivity contribution < 1.29 is 23.9 Å². The standard InChI is InChI=1S/C23H31N3O5/c1-15(25-21(28)19(14-30-5)26-22(29)31-23(2,3)4)20(27)24-13-17-11-8-10-16-9-6-7-12-18(16)17/h6-12,15,19H,13-14H2,1-5H3,(H,24,27)(H,25,28)(H,26,29). The SMILES string of the molecule is COCC(NC(=O)OC(C)(C)C)C(=O)NC(C)C(=O)NCc1cccc2ccccc12. The number of benzene rings is 2. The van der Waals surface area contributed by atoms with Gasteiger partial charge in [-0.3, -0.25) is 9.59 Å². The molecule has 8 nitrogen and oxygen atoms in total. The minimum Gasteiger partial charge on any atom is -0.444 e. The van der Waals surface area contributed by atoms with Crippen LogP contribution in [0.1, 0.15) is 33.3 Å². The Kier molecular flexibility index (Phi) is 8.38. The molecule has 0 aliphatic rings. The predicted molar refractivity (Wildman–Crippen MR) is 118 cm³/mol. The van der Waals surface area contributed by atoms with Gasteiger partial charge in [0.05, 0.1) is 6.61 Å². The average molecular weight is 430 g/mol. The first-order chi connectivity index (χ1) is 14.6. The fourth-order valence-electron chi connectivity index (χ4n) is 2.96. The van der Waals surface area contributed by atoms with E-state index in [4.69, 9.17) is 9.47 Å². The maximum Gasteiger partial charge on any atom is 0.408 e. The van der Waals surface area contributed by atoms with Crippen molar-refractivity contribution in [2.45, 2.75) is 51.9 Å². The lowest BCUT2D eigenvalue weighted by atomic mass is 10.0. The number of carbonyl (C=O) groups excluding carboxylic acids is 3. The van der Waals surface area contributed by atoms with Gasteiger partial charge in [0.2, 0.25) is 11.8 Å². The number of amides is 3. The molecule has 2 atom stereocenters. The van der Waals surface area contributed by atoms with Crippen molar-refractivity contribution in [1.82, 2.24) is 16.0 Å². The van der Waals surface area contributed by atoms with Crippen molar-refractivity contribution >= 4 is 28.7 Å². The maximum atomic E-state index is 12.6. The summed E-state index contributed by atoms with van der Waals surface area (Å²) in [7, 11) is 1.41. The third kappa shape index (κ3) is 7.57. The Morgan fingerprint density at radius 1 is 0.968 bits per heavy atom. The minimum atomic E-state index is -0.992. The Morgan fingerprint density at radius 3 is 2.32 bits per heavy atom. The Morgan fingerprint density at radius 2 is 1.65 bits per heavy atom. The second-order valence-corrected chi connectivity index (χ2v) is 8.24. The summed E-state index contributed by atoms with van der Waals surface area (Å²) < 4.78 is 10.2. The van der Waals surface area contributed by atoms with Crippen LogP contribution in [0, 0.1) is 0 Å². The van der Waals surface area contributed by atoms with E-state index < -0.39 is 29.7 Å². The molecule has 8 heteroatoms. The fraction of sp³-hybridized carbons (Fsp3) is 0.435. The van der Waals surface area contributed by atoms with Crippen LogP contribution < -0.4 is 16.0 Å². The summed E-state index contributed by atoms with van der Waals surface area (Å²) in [4.78, 5) is 37.1.